The van der Waals surface area contributed by atoms with Crippen LogP contribution in [-0.2, 0) is 10.0 Å². The highest BCUT2D eigenvalue weighted by Gasteiger charge is 2.27. The summed E-state index contributed by atoms with van der Waals surface area (Å²) in [4.78, 5) is 5.03. The number of aromatic nitrogens is 2. The van der Waals surface area contributed by atoms with Crippen LogP contribution in [0.4, 0.5) is 5.82 Å². The lowest BCUT2D eigenvalue weighted by atomic mass is 9.86. The van der Waals surface area contributed by atoms with Crippen molar-refractivity contribution in [1.29, 1.82) is 0 Å². The zero-order valence-corrected chi connectivity index (χ0v) is 12.9. The first-order chi connectivity index (χ1) is 9.62. The normalized spacial score (nSPS) is 16.4. The van der Waals surface area contributed by atoms with Gasteiger partial charge in [-0.15, -0.1) is 11.3 Å². The second kappa shape index (κ2) is 5.34. The van der Waals surface area contributed by atoms with E-state index in [0.29, 0.717) is 29.8 Å². The van der Waals surface area contributed by atoms with E-state index in [0.717, 1.165) is 12.8 Å². The minimum atomic E-state index is -3.54. The summed E-state index contributed by atoms with van der Waals surface area (Å²) in [7, 11) is -3.54. The maximum Gasteiger partial charge on any atom is 0.260 e. The van der Waals surface area contributed by atoms with Crippen LogP contribution >= 0.6 is 11.3 Å². The lowest BCUT2D eigenvalue weighted by Gasteiger charge is -2.25. The summed E-state index contributed by atoms with van der Waals surface area (Å²) < 4.78 is 29.4. The maximum atomic E-state index is 12.5. The van der Waals surface area contributed by atoms with E-state index < -0.39 is 10.0 Å². The Balaban J connectivity index is 1.93. The topological polar surface area (TPSA) is 75.5 Å². The Kier molecular flexibility index (Phi) is 3.70. The van der Waals surface area contributed by atoms with Crippen molar-refractivity contribution in [2.75, 3.05) is 18.4 Å². The molecule has 2 aromatic rings. The number of anilines is 1. The van der Waals surface area contributed by atoms with Crippen LogP contribution in [0.25, 0.3) is 4.96 Å². The predicted octanol–water partition coefficient (Wildman–Crippen LogP) is 1.91. The van der Waals surface area contributed by atoms with Crippen LogP contribution in [0.15, 0.2) is 16.6 Å². The molecule has 0 aromatic carbocycles. The van der Waals surface area contributed by atoms with E-state index in [1.807, 2.05) is 12.3 Å². The first-order valence-corrected chi connectivity index (χ1v) is 9.17. The molecule has 0 bridgehead atoms. The molecular formula is C12H18N4O2S2. The molecule has 2 aromatic heterocycles. The fourth-order valence-corrected chi connectivity index (χ4v) is 4.44. The molecule has 6 nitrogen and oxygen atoms in total. The summed E-state index contributed by atoms with van der Waals surface area (Å²) in [5.74, 6) is 0.915. The number of sulfonamides is 1. The Morgan fingerprint density at radius 2 is 2.30 bits per heavy atom. The number of thiazole rings is 1. The second-order valence-electron chi connectivity index (χ2n) is 5.00. The summed E-state index contributed by atoms with van der Waals surface area (Å²) in [6.45, 7) is 3.08. The Bertz CT molecular complexity index is 700. The van der Waals surface area contributed by atoms with E-state index in [-0.39, 0.29) is 5.03 Å². The molecule has 8 heteroatoms. The molecule has 0 aliphatic heterocycles. The molecule has 3 rings (SSSR count). The molecule has 0 amide bonds. The third-order valence-corrected chi connectivity index (χ3v) is 5.81. The third-order valence-electron chi connectivity index (χ3n) is 3.60. The number of hydrogen-bond donors (Lipinski definition) is 2. The highest BCUT2D eigenvalue weighted by Crippen LogP contribution is 2.28. The molecule has 2 N–H and O–H groups in total. The van der Waals surface area contributed by atoms with Crippen molar-refractivity contribution in [2.24, 2.45) is 5.92 Å². The molecule has 1 aliphatic carbocycles. The van der Waals surface area contributed by atoms with Gasteiger partial charge in [0.15, 0.2) is 15.8 Å². The molecule has 0 unspecified atom stereocenters. The van der Waals surface area contributed by atoms with Crippen LogP contribution in [0.1, 0.15) is 26.2 Å². The molecule has 0 spiro atoms. The molecular weight excluding hydrogens is 296 g/mol. The standard InChI is InChI=1S/C12H18N4O2S2/c1-2-13-10-11(16-6-7-19-12(16)15-10)20(17,18)14-8-9-4-3-5-9/h6-7,9,13-14H,2-5,8H2,1H3. The van der Waals surface area contributed by atoms with Crippen LogP contribution < -0.4 is 10.0 Å². The minimum Gasteiger partial charge on any atom is -0.368 e. The molecule has 0 atom stereocenters. The van der Waals surface area contributed by atoms with E-state index in [1.54, 1.807) is 10.6 Å². The van der Waals surface area contributed by atoms with Gasteiger partial charge in [-0.1, -0.05) is 6.42 Å². The van der Waals surface area contributed by atoms with Gasteiger partial charge in [0.1, 0.15) is 0 Å². The molecule has 0 radical (unpaired) electrons. The van der Waals surface area contributed by atoms with Gasteiger partial charge in [-0.25, -0.2) is 18.1 Å². The van der Waals surface area contributed by atoms with Gasteiger partial charge in [-0.3, -0.25) is 4.40 Å². The van der Waals surface area contributed by atoms with Crippen molar-refractivity contribution in [3.05, 3.63) is 11.6 Å². The number of rotatable bonds is 6. The van der Waals surface area contributed by atoms with Gasteiger partial charge in [-0.05, 0) is 25.7 Å². The minimum absolute atomic E-state index is 0.218. The van der Waals surface area contributed by atoms with Crippen molar-refractivity contribution < 1.29 is 8.42 Å². The molecule has 1 aliphatic rings. The van der Waals surface area contributed by atoms with Crippen LogP contribution in [-0.4, -0.2) is 30.9 Å². The molecule has 1 saturated carbocycles. The van der Waals surface area contributed by atoms with Crippen LogP contribution in [0.5, 0.6) is 0 Å². The molecule has 2 heterocycles. The van der Waals surface area contributed by atoms with E-state index >= 15 is 0 Å². The average molecular weight is 314 g/mol. The number of nitrogens with one attached hydrogen (secondary N) is 2. The number of hydrogen-bond acceptors (Lipinski definition) is 5. The fraction of sp³-hybridized carbons (Fsp3) is 0.583. The van der Waals surface area contributed by atoms with Gasteiger partial charge >= 0.3 is 0 Å². The molecule has 20 heavy (non-hydrogen) atoms. The second-order valence-corrected chi connectivity index (χ2v) is 7.56. The van der Waals surface area contributed by atoms with Crippen LogP contribution in [0, 0.1) is 5.92 Å². The Hall–Kier alpha value is -1.12. The van der Waals surface area contributed by atoms with E-state index in [1.165, 1.54) is 17.8 Å². The van der Waals surface area contributed by atoms with Crippen molar-refractivity contribution in [3.63, 3.8) is 0 Å². The highest BCUT2D eigenvalue weighted by molar-refractivity contribution is 7.89. The largest absolute Gasteiger partial charge is 0.368 e. The zero-order chi connectivity index (χ0) is 14.2. The van der Waals surface area contributed by atoms with E-state index in [4.69, 9.17) is 0 Å². The Morgan fingerprint density at radius 1 is 1.50 bits per heavy atom. The Labute approximate surface area is 122 Å². The average Bonchev–Trinajstić information content (AvgIpc) is 2.86. The van der Waals surface area contributed by atoms with Crippen LogP contribution in [0.3, 0.4) is 0 Å². The van der Waals surface area contributed by atoms with Crippen molar-refractivity contribution in [2.45, 2.75) is 31.2 Å². The summed E-state index contributed by atoms with van der Waals surface area (Å²) in [6, 6.07) is 0. The lowest BCUT2D eigenvalue weighted by molar-refractivity contribution is 0.316. The SMILES string of the molecule is CCNc1nc2sccn2c1S(=O)(=O)NCC1CCC1. The summed E-state index contributed by atoms with van der Waals surface area (Å²) in [5.41, 5.74) is 0. The van der Waals surface area contributed by atoms with Gasteiger partial charge < -0.3 is 5.32 Å². The Morgan fingerprint density at radius 3 is 2.95 bits per heavy atom. The molecule has 0 saturated heterocycles. The summed E-state index contributed by atoms with van der Waals surface area (Å²) in [5, 5.41) is 5.08. The summed E-state index contributed by atoms with van der Waals surface area (Å²) in [6.07, 6.45) is 5.17. The summed E-state index contributed by atoms with van der Waals surface area (Å²) >= 11 is 1.42. The fourth-order valence-electron chi connectivity index (χ4n) is 2.30. The maximum absolute atomic E-state index is 12.5. The third kappa shape index (κ3) is 2.43. The van der Waals surface area contributed by atoms with Gasteiger partial charge in [-0.2, -0.15) is 0 Å². The van der Waals surface area contributed by atoms with Gasteiger partial charge in [0.2, 0.25) is 0 Å². The van der Waals surface area contributed by atoms with E-state index in [2.05, 4.69) is 15.0 Å². The number of nitrogens with zero attached hydrogens (tertiary/aromatic N) is 2. The van der Waals surface area contributed by atoms with Crippen LogP contribution in [0.2, 0.25) is 0 Å². The lowest BCUT2D eigenvalue weighted by Crippen LogP contribution is -2.33. The number of imidazole rings is 1. The van der Waals surface area contributed by atoms with Crippen molar-refractivity contribution in [1.82, 2.24) is 14.1 Å². The van der Waals surface area contributed by atoms with Crippen molar-refractivity contribution in [3.8, 4) is 0 Å². The monoisotopic (exact) mass is 314 g/mol. The molecule has 110 valence electrons. The first kappa shape index (κ1) is 13.8. The van der Waals surface area contributed by atoms with Gasteiger partial charge in [0, 0.05) is 24.7 Å². The van der Waals surface area contributed by atoms with Crippen molar-refractivity contribution >= 4 is 32.1 Å². The first-order valence-electron chi connectivity index (χ1n) is 6.81. The highest BCUT2D eigenvalue weighted by atomic mass is 32.2. The van der Waals surface area contributed by atoms with E-state index in [9.17, 15) is 8.42 Å². The number of fused-ring (bicyclic) bond motifs is 1. The zero-order valence-electron chi connectivity index (χ0n) is 11.3. The van der Waals surface area contributed by atoms with Gasteiger partial charge in [0.05, 0.1) is 0 Å². The quantitative estimate of drug-likeness (QED) is 0.854. The predicted molar refractivity (Wildman–Crippen MR) is 79.8 cm³/mol. The smallest absolute Gasteiger partial charge is 0.260 e. The van der Waals surface area contributed by atoms with Gasteiger partial charge in [0.25, 0.3) is 10.0 Å². The molecule has 1 fully saturated rings.